The number of nitrogens with one attached hydrogen (secondary N) is 3. The van der Waals surface area contributed by atoms with E-state index in [0.29, 0.717) is 6.54 Å². The Hall–Kier alpha value is -0.730. The van der Waals surface area contributed by atoms with Crippen molar-refractivity contribution in [1.82, 2.24) is 20.5 Å². The van der Waals surface area contributed by atoms with Gasteiger partial charge in [0.05, 0.1) is 30.0 Å². The lowest BCUT2D eigenvalue weighted by Crippen LogP contribution is -2.42. The second kappa shape index (κ2) is 24.4. The molecular formula is C34H54N4O3S6. The molecule has 1 aromatic heterocycles. The number of carbonyl (C=O) groups excluding carboxylic acids is 3. The van der Waals surface area contributed by atoms with Gasteiger partial charge in [-0.25, -0.2) is 0 Å². The van der Waals surface area contributed by atoms with Crippen LogP contribution in [0.3, 0.4) is 0 Å². The Labute approximate surface area is 308 Å². The summed E-state index contributed by atoms with van der Waals surface area (Å²) in [6, 6.07) is 0. The summed E-state index contributed by atoms with van der Waals surface area (Å²) < 4.78 is 7.50. The van der Waals surface area contributed by atoms with Crippen LogP contribution in [0.25, 0.3) is 0 Å². The molecule has 0 fully saturated rings. The number of hydrogen-bond acceptors (Lipinski definition) is 9. The van der Waals surface area contributed by atoms with Gasteiger partial charge in [0.25, 0.3) is 0 Å². The molecule has 3 N–H and O–H groups in total. The predicted octanol–water partition coefficient (Wildman–Crippen LogP) is 9.76. The minimum Gasteiger partial charge on any atom is -0.355 e. The van der Waals surface area contributed by atoms with Gasteiger partial charge in [0.2, 0.25) is 17.7 Å². The predicted molar refractivity (Wildman–Crippen MR) is 211 cm³/mol. The molecule has 2 aliphatic heterocycles. The van der Waals surface area contributed by atoms with Crippen LogP contribution in [0.5, 0.6) is 0 Å². The molecule has 0 atom stereocenters. The van der Waals surface area contributed by atoms with E-state index >= 15 is 0 Å². The number of thioether (sulfide) groups is 6. The third kappa shape index (κ3) is 16.2. The zero-order chi connectivity index (χ0) is 33.7. The molecule has 0 radical (unpaired) electrons. The van der Waals surface area contributed by atoms with E-state index in [1.165, 1.54) is 115 Å². The van der Waals surface area contributed by atoms with Gasteiger partial charge in [0.1, 0.15) is 6.54 Å². The van der Waals surface area contributed by atoms with Crippen LogP contribution in [0.4, 0.5) is 0 Å². The second-order valence-corrected chi connectivity index (χ2v) is 19.1. The summed E-state index contributed by atoms with van der Waals surface area (Å²) in [5.41, 5.74) is 0. The van der Waals surface area contributed by atoms with Gasteiger partial charge < -0.3 is 20.5 Å². The van der Waals surface area contributed by atoms with Gasteiger partial charge in [-0.05, 0) is 30.8 Å². The molecule has 0 bridgehead atoms. The molecule has 2 aliphatic rings. The van der Waals surface area contributed by atoms with Gasteiger partial charge in [-0.3, -0.25) is 14.4 Å². The van der Waals surface area contributed by atoms with Crippen molar-refractivity contribution in [3.63, 3.8) is 0 Å². The Morgan fingerprint density at radius 1 is 0.574 bits per heavy atom. The molecule has 47 heavy (non-hydrogen) atoms. The van der Waals surface area contributed by atoms with Crippen molar-refractivity contribution in [2.75, 3.05) is 31.1 Å². The number of aromatic nitrogens is 1. The zero-order valence-electron chi connectivity index (χ0n) is 28.4. The number of hydrogen-bond donors (Lipinski definition) is 3. The van der Waals surface area contributed by atoms with E-state index in [-0.39, 0.29) is 37.4 Å². The Bertz CT molecular complexity index is 1150. The Balaban J connectivity index is 1.28. The Morgan fingerprint density at radius 2 is 1.02 bits per heavy atom. The SMILES string of the molecule is CCCCCCCCCCCCNC(=O)CNC(=O)CNC(=O)Cn1cc2c(c1)SC(=C1SC(SCCCC)=C(SCCCC)S1)S2. The fraction of sp³-hybridized carbons (Fsp3) is 0.676. The van der Waals surface area contributed by atoms with Gasteiger partial charge in [0.15, 0.2) is 0 Å². The highest BCUT2D eigenvalue weighted by molar-refractivity contribution is 8.42. The topological polar surface area (TPSA) is 92.2 Å². The third-order valence-corrected chi connectivity index (χ3v) is 16.2. The third-order valence-electron chi connectivity index (χ3n) is 7.45. The first-order valence-electron chi connectivity index (χ1n) is 17.4. The summed E-state index contributed by atoms with van der Waals surface area (Å²) in [7, 11) is 0. The molecule has 7 nitrogen and oxygen atoms in total. The number of rotatable bonds is 25. The van der Waals surface area contributed by atoms with E-state index in [1.54, 1.807) is 23.5 Å². The quantitative estimate of drug-likeness (QED) is 0.0844. The van der Waals surface area contributed by atoms with Gasteiger partial charge in [0, 0.05) is 28.7 Å². The molecule has 3 amide bonds. The first-order valence-corrected chi connectivity index (χ1v) is 22.6. The van der Waals surface area contributed by atoms with Crippen LogP contribution < -0.4 is 16.0 Å². The fourth-order valence-electron chi connectivity index (χ4n) is 4.71. The minimum absolute atomic E-state index is 0.0764. The van der Waals surface area contributed by atoms with E-state index in [9.17, 15) is 14.4 Å². The van der Waals surface area contributed by atoms with Gasteiger partial charge in [-0.2, -0.15) is 0 Å². The molecule has 0 spiro atoms. The summed E-state index contributed by atoms with van der Waals surface area (Å²) >= 11 is 11.4. The van der Waals surface area contributed by atoms with Crippen molar-refractivity contribution in [2.24, 2.45) is 0 Å². The van der Waals surface area contributed by atoms with Gasteiger partial charge in [-0.1, -0.05) is 138 Å². The Morgan fingerprint density at radius 3 is 1.55 bits per heavy atom. The van der Waals surface area contributed by atoms with Gasteiger partial charge >= 0.3 is 0 Å². The maximum absolute atomic E-state index is 12.5. The molecule has 13 heteroatoms. The van der Waals surface area contributed by atoms with Crippen LogP contribution >= 0.6 is 70.6 Å². The van der Waals surface area contributed by atoms with E-state index < -0.39 is 0 Å². The summed E-state index contributed by atoms with van der Waals surface area (Å²) in [4.78, 5) is 39.1. The van der Waals surface area contributed by atoms with Crippen LogP contribution in [0.2, 0.25) is 0 Å². The molecule has 3 rings (SSSR count). The summed E-state index contributed by atoms with van der Waals surface area (Å²) in [5, 5.41) is 8.13. The molecular weight excluding hydrogens is 705 g/mol. The maximum Gasteiger partial charge on any atom is 0.240 e. The van der Waals surface area contributed by atoms with Crippen LogP contribution in [0, 0.1) is 0 Å². The summed E-state index contributed by atoms with van der Waals surface area (Å²) in [6.45, 7) is 7.28. The monoisotopic (exact) mass is 758 g/mol. The van der Waals surface area contributed by atoms with E-state index in [0.717, 1.165) is 12.8 Å². The smallest absolute Gasteiger partial charge is 0.240 e. The maximum atomic E-state index is 12.5. The number of carbonyl (C=O) groups is 3. The van der Waals surface area contributed by atoms with Crippen molar-refractivity contribution in [1.29, 1.82) is 0 Å². The molecule has 0 unspecified atom stereocenters. The number of amides is 3. The fourth-order valence-corrected chi connectivity index (χ4v) is 13.7. The lowest BCUT2D eigenvalue weighted by molar-refractivity contribution is -0.127. The number of unbranched alkanes of at least 4 members (excludes halogenated alkanes) is 11. The van der Waals surface area contributed by atoms with Crippen LogP contribution in [-0.2, 0) is 20.9 Å². The van der Waals surface area contributed by atoms with Crippen LogP contribution in [-0.4, -0.2) is 53.4 Å². The summed E-state index contributed by atoms with van der Waals surface area (Å²) in [6.07, 6.45) is 21.5. The van der Waals surface area contributed by atoms with Crippen LogP contribution in [0.15, 0.2) is 39.1 Å². The normalized spacial score (nSPS) is 14.2. The number of nitrogens with zero attached hydrogens (tertiary/aromatic N) is 1. The van der Waals surface area contributed by atoms with Crippen molar-refractivity contribution in [3.8, 4) is 0 Å². The molecule has 0 aliphatic carbocycles. The molecule has 264 valence electrons. The van der Waals surface area contributed by atoms with Crippen LogP contribution in [0.1, 0.15) is 111 Å². The van der Waals surface area contributed by atoms with Crippen molar-refractivity contribution in [2.45, 2.75) is 127 Å². The van der Waals surface area contributed by atoms with Gasteiger partial charge in [-0.15, -0.1) is 23.5 Å². The lowest BCUT2D eigenvalue weighted by Gasteiger charge is -2.09. The highest BCUT2D eigenvalue weighted by atomic mass is 32.3. The largest absolute Gasteiger partial charge is 0.355 e. The van der Waals surface area contributed by atoms with Crippen molar-refractivity contribution < 1.29 is 14.4 Å². The molecule has 3 heterocycles. The standard InChI is InChI=1S/C34H54N4O3S6/c1-4-7-10-11-12-13-14-15-16-17-18-35-28(39)21-36-29(40)22-37-30(41)25-38-23-26-27(24-38)45-33(44-26)34-46-31(42-19-8-5-2)32(47-34)43-20-9-6-3/h23-24H,4-22,25H2,1-3H3,(H,35,39)(H,36,40)(H,37,41). The molecule has 0 saturated carbocycles. The first kappa shape index (κ1) is 40.7. The van der Waals surface area contributed by atoms with E-state index in [2.05, 4.69) is 36.7 Å². The second-order valence-electron chi connectivity index (χ2n) is 11.7. The first-order chi connectivity index (χ1) is 22.9. The minimum atomic E-state index is -0.371. The average Bonchev–Trinajstić information content (AvgIpc) is 3.75. The van der Waals surface area contributed by atoms with Crippen molar-refractivity contribution >= 4 is 88.3 Å². The lowest BCUT2D eigenvalue weighted by atomic mass is 10.1. The van der Waals surface area contributed by atoms with E-state index in [4.69, 9.17) is 0 Å². The molecule has 1 aromatic rings. The van der Waals surface area contributed by atoms with E-state index in [1.807, 2.05) is 64.0 Å². The van der Waals surface area contributed by atoms with Crippen molar-refractivity contribution in [3.05, 3.63) is 29.3 Å². The summed E-state index contributed by atoms with van der Waals surface area (Å²) in [5.74, 6) is 1.54. The average molecular weight is 759 g/mol. The molecule has 0 saturated heterocycles. The number of fused-ring (bicyclic) bond motifs is 1. The zero-order valence-corrected chi connectivity index (χ0v) is 33.3. The molecule has 0 aromatic carbocycles. The highest BCUT2D eigenvalue weighted by Crippen LogP contribution is 2.64. The highest BCUT2D eigenvalue weighted by Gasteiger charge is 2.30. The Kier molecular flexibility index (Phi) is 21.1.